The van der Waals surface area contributed by atoms with Crippen LogP contribution >= 0.6 is 11.8 Å². The second-order valence-corrected chi connectivity index (χ2v) is 14.0. The fourth-order valence-corrected chi connectivity index (χ4v) is 5.38. The van der Waals surface area contributed by atoms with Crippen molar-refractivity contribution in [3.63, 3.8) is 0 Å². The summed E-state index contributed by atoms with van der Waals surface area (Å²) < 4.78 is 5.11. The van der Waals surface area contributed by atoms with E-state index in [9.17, 15) is 24.3 Å². The molecule has 0 spiro atoms. The van der Waals surface area contributed by atoms with Crippen LogP contribution in [0, 0.1) is 6.92 Å². The zero-order valence-corrected chi connectivity index (χ0v) is 27.5. The predicted octanol–water partition coefficient (Wildman–Crippen LogP) is 3.93. The maximum Gasteiger partial charge on any atom is 0.407 e. The lowest BCUT2D eigenvalue weighted by Crippen LogP contribution is -2.52. The molecule has 0 saturated carbocycles. The van der Waals surface area contributed by atoms with Crippen LogP contribution in [0.15, 0.2) is 54.6 Å². The second kappa shape index (κ2) is 17.7. The highest BCUT2D eigenvalue weighted by atomic mass is 32.2. The first-order valence-electron chi connectivity index (χ1n) is 14.8. The molecule has 3 rings (SSSR count). The summed E-state index contributed by atoms with van der Waals surface area (Å²) in [4.78, 5) is 48.8. The van der Waals surface area contributed by atoms with Crippen molar-refractivity contribution in [2.45, 2.75) is 89.8 Å². The molecule has 1 saturated heterocycles. The first-order chi connectivity index (χ1) is 20.7. The maximum absolute atomic E-state index is 12.9. The Kier molecular flexibility index (Phi) is 14.7. The molecule has 11 heteroatoms. The monoisotopic (exact) mass is 628 g/mol. The molecule has 0 radical (unpaired) electrons. The van der Waals surface area contributed by atoms with E-state index in [1.165, 1.54) is 11.1 Å². The Morgan fingerprint density at radius 2 is 1.75 bits per heavy atom. The first-order valence-corrected chi connectivity index (χ1v) is 15.8. The van der Waals surface area contributed by atoms with Gasteiger partial charge in [-0.1, -0.05) is 54.6 Å². The molecular formula is C33H48N4O6S. The summed E-state index contributed by atoms with van der Waals surface area (Å²) in [6.45, 7) is 12.9. The number of nitrogens with zero attached hydrogens (tertiary/aromatic N) is 1. The van der Waals surface area contributed by atoms with Crippen LogP contribution in [0.25, 0.3) is 0 Å². The van der Waals surface area contributed by atoms with Gasteiger partial charge in [-0.15, -0.1) is 11.8 Å². The third-order valence-electron chi connectivity index (χ3n) is 6.66. The normalized spacial score (nSPS) is 15.2. The Hall–Kier alpha value is -3.57. The number of nitrogens with one attached hydrogen (secondary N) is 3. The van der Waals surface area contributed by atoms with E-state index in [2.05, 4.69) is 29.8 Å². The van der Waals surface area contributed by atoms with Crippen LogP contribution in [0.2, 0.25) is 0 Å². The van der Waals surface area contributed by atoms with Gasteiger partial charge in [0.25, 0.3) is 5.91 Å². The summed E-state index contributed by atoms with van der Waals surface area (Å²) >= 11 is 1.66. The second-order valence-electron chi connectivity index (χ2n) is 12.3. The maximum atomic E-state index is 12.9. The number of aliphatic hydroxyl groups excluding tert-OH is 1. The minimum atomic E-state index is -1.34. The number of rotatable bonds is 12. The average Bonchev–Trinajstić information content (AvgIpc) is 3.33. The number of hydrogen-bond acceptors (Lipinski definition) is 7. The highest BCUT2D eigenvalue weighted by Gasteiger charge is 2.38. The third kappa shape index (κ3) is 13.8. The van der Waals surface area contributed by atoms with E-state index in [0.717, 1.165) is 5.56 Å². The Bertz CT molecular complexity index is 1220. The number of hydrogen-bond donors (Lipinski definition) is 4. The number of benzene rings is 2. The molecular weight excluding hydrogens is 580 g/mol. The molecule has 10 nitrogen and oxygen atoms in total. The molecule has 2 aromatic rings. The summed E-state index contributed by atoms with van der Waals surface area (Å²) in [6, 6.07) is 16.7. The minimum absolute atomic E-state index is 0.0608. The van der Waals surface area contributed by atoms with E-state index < -0.39 is 23.8 Å². The van der Waals surface area contributed by atoms with Crippen LogP contribution in [0.4, 0.5) is 4.79 Å². The Balaban J connectivity index is 0.000000514. The van der Waals surface area contributed by atoms with Crippen molar-refractivity contribution in [2.75, 3.05) is 19.0 Å². The number of amides is 4. The van der Waals surface area contributed by atoms with Crippen LogP contribution in [0.3, 0.4) is 0 Å². The van der Waals surface area contributed by atoms with Gasteiger partial charge in [0.05, 0.1) is 11.9 Å². The fourth-order valence-electron chi connectivity index (χ4n) is 4.41. The van der Waals surface area contributed by atoms with Crippen molar-refractivity contribution in [1.82, 2.24) is 20.9 Å². The molecule has 1 heterocycles. The van der Waals surface area contributed by atoms with Gasteiger partial charge in [-0.2, -0.15) is 0 Å². The topological polar surface area (TPSA) is 137 Å². The molecule has 4 amide bonds. The van der Waals surface area contributed by atoms with Crippen molar-refractivity contribution in [3.8, 4) is 0 Å². The van der Waals surface area contributed by atoms with Gasteiger partial charge in [0.15, 0.2) is 6.10 Å². The first kappa shape index (κ1) is 36.6. The summed E-state index contributed by atoms with van der Waals surface area (Å²) in [5, 5.41) is 19.0. The van der Waals surface area contributed by atoms with Crippen LogP contribution in [-0.2, 0) is 32.1 Å². The van der Waals surface area contributed by atoms with Gasteiger partial charge in [-0.05, 0) is 71.1 Å². The van der Waals surface area contributed by atoms with Gasteiger partial charge in [0.1, 0.15) is 5.60 Å². The van der Waals surface area contributed by atoms with Crippen molar-refractivity contribution in [3.05, 3.63) is 71.3 Å². The molecule has 0 unspecified atom stereocenters. The lowest BCUT2D eigenvalue weighted by molar-refractivity contribution is -0.141. The van der Waals surface area contributed by atoms with E-state index >= 15 is 0 Å². The Morgan fingerprint density at radius 3 is 2.34 bits per heavy atom. The zero-order chi connectivity index (χ0) is 32.8. The zero-order valence-electron chi connectivity index (χ0n) is 26.7. The number of aliphatic hydroxyl groups is 1. The van der Waals surface area contributed by atoms with E-state index in [1.54, 1.807) is 37.4 Å². The summed E-state index contributed by atoms with van der Waals surface area (Å²) in [6.07, 6.45) is -0.272. The number of aryl methyl sites for hydroxylation is 1. The van der Waals surface area contributed by atoms with Crippen molar-refractivity contribution >= 4 is 36.1 Å². The largest absolute Gasteiger partial charge is 0.444 e. The van der Waals surface area contributed by atoms with Gasteiger partial charge in [0.2, 0.25) is 12.3 Å². The lowest BCUT2D eigenvalue weighted by Gasteiger charge is -2.27. The van der Waals surface area contributed by atoms with Gasteiger partial charge >= 0.3 is 6.09 Å². The number of thioether (sulfide) groups is 1. The van der Waals surface area contributed by atoms with Crippen molar-refractivity contribution < 1.29 is 29.0 Å². The number of alkyl carbamates (subject to hydrolysis) is 1. The van der Waals surface area contributed by atoms with E-state index in [4.69, 9.17) is 4.74 Å². The lowest BCUT2D eigenvalue weighted by atomic mass is 9.99. The van der Waals surface area contributed by atoms with Crippen molar-refractivity contribution in [2.24, 2.45) is 0 Å². The smallest absolute Gasteiger partial charge is 0.407 e. The number of ether oxygens (including phenoxy) is 1. The van der Waals surface area contributed by atoms with Crippen LogP contribution in [-0.4, -0.2) is 75.8 Å². The van der Waals surface area contributed by atoms with Gasteiger partial charge in [-0.3, -0.25) is 14.4 Å². The quantitative estimate of drug-likeness (QED) is 0.207. The Labute approximate surface area is 265 Å². The molecule has 1 fully saturated rings. The molecule has 0 aromatic heterocycles. The molecule has 1 aliphatic heterocycles. The summed E-state index contributed by atoms with van der Waals surface area (Å²) in [5.41, 5.74) is 2.71. The van der Waals surface area contributed by atoms with Crippen LogP contribution in [0.1, 0.15) is 64.2 Å². The Morgan fingerprint density at radius 1 is 1.09 bits per heavy atom. The SMILES string of the molecule is CC(C)(C)OC(=O)NCCCC(=O)N[C@@H](Cc1ccccc1)[C@H](O)C(=O)N1CSC(C)(C)C1.Cc1ccccc1CNC=O. The average molecular weight is 629 g/mol. The number of carbonyl (C=O) groups excluding carboxylic acids is 4. The molecule has 4 N–H and O–H groups in total. The standard InChI is InChI=1S/C24H37N3O5S.C9H11NO/c1-23(2,3)32-22(31)25-13-9-12-19(28)26-18(14-17-10-7-6-8-11-17)20(29)21(30)27-15-24(4,5)33-16-27;1-8-4-2-3-5-9(8)6-10-7-11/h6-8,10-11,18,20,29H,9,12-16H2,1-5H3,(H,25,31)(H,26,28);2-5,7H,6H2,1H3,(H,10,11)/t18-,20-;/m0./s1. The van der Waals surface area contributed by atoms with Crippen molar-refractivity contribution in [1.29, 1.82) is 0 Å². The highest BCUT2D eigenvalue weighted by Crippen LogP contribution is 2.33. The van der Waals surface area contributed by atoms with Gasteiger partial charge in [0, 0.05) is 30.8 Å². The van der Waals surface area contributed by atoms with Crippen LogP contribution in [0.5, 0.6) is 0 Å². The minimum Gasteiger partial charge on any atom is -0.444 e. The molecule has 2 aromatic carbocycles. The molecule has 44 heavy (non-hydrogen) atoms. The highest BCUT2D eigenvalue weighted by molar-refractivity contribution is 8.00. The molecule has 0 aliphatic carbocycles. The van der Waals surface area contributed by atoms with E-state index in [-0.39, 0.29) is 29.5 Å². The van der Waals surface area contributed by atoms with E-state index in [0.29, 0.717) is 38.2 Å². The predicted molar refractivity (Wildman–Crippen MR) is 174 cm³/mol. The molecule has 0 bridgehead atoms. The van der Waals surface area contributed by atoms with E-state index in [1.807, 2.05) is 61.5 Å². The number of carbonyl (C=O) groups is 4. The summed E-state index contributed by atoms with van der Waals surface area (Å²) in [7, 11) is 0. The van der Waals surface area contributed by atoms with Gasteiger partial charge in [-0.25, -0.2) is 4.79 Å². The van der Waals surface area contributed by atoms with Crippen LogP contribution < -0.4 is 16.0 Å². The fraction of sp³-hybridized carbons (Fsp3) is 0.515. The summed E-state index contributed by atoms with van der Waals surface area (Å²) in [5.74, 6) is -0.142. The molecule has 1 aliphatic rings. The van der Waals surface area contributed by atoms with Gasteiger partial charge < -0.3 is 30.7 Å². The molecule has 242 valence electrons. The molecule has 2 atom stereocenters. The third-order valence-corrected chi connectivity index (χ3v) is 8.01.